The smallest absolute Gasteiger partial charge is 0.271 e. The van der Waals surface area contributed by atoms with Gasteiger partial charge in [-0.15, -0.1) is 0 Å². The lowest BCUT2D eigenvalue weighted by Gasteiger charge is -2.14. The van der Waals surface area contributed by atoms with Gasteiger partial charge in [-0.2, -0.15) is 0 Å². The molecule has 0 fully saturated rings. The molecule has 2 aromatic heterocycles. The number of hydrogen-bond donors (Lipinski definition) is 1. The van der Waals surface area contributed by atoms with Crippen molar-refractivity contribution in [2.24, 2.45) is 0 Å². The Morgan fingerprint density at radius 2 is 1.91 bits per heavy atom. The van der Waals surface area contributed by atoms with Crippen molar-refractivity contribution < 1.29 is 18.3 Å². The molecule has 7 nitrogen and oxygen atoms in total. The van der Waals surface area contributed by atoms with Crippen molar-refractivity contribution in [2.75, 3.05) is 7.05 Å². The zero-order chi connectivity index (χ0) is 23.8. The van der Waals surface area contributed by atoms with Gasteiger partial charge in [0.25, 0.3) is 11.5 Å². The fraction of sp³-hybridized carbons (Fsp3) is 0.273. The van der Waals surface area contributed by atoms with Gasteiger partial charge in [-0.3, -0.25) is 14.6 Å². The van der Waals surface area contributed by atoms with E-state index < -0.39 is 11.6 Å². The third-order valence-corrected chi connectivity index (χ3v) is 5.03. The Morgan fingerprint density at radius 3 is 2.50 bits per heavy atom. The van der Waals surface area contributed by atoms with Crippen molar-refractivity contribution >= 4 is 21.8 Å². The van der Waals surface area contributed by atoms with Gasteiger partial charge in [0.2, 0.25) is 0 Å². The lowest BCUT2D eigenvalue weighted by atomic mass is 10.2. The molecule has 0 aliphatic rings. The van der Waals surface area contributed by atoms with E-state index in [2.05, 4.69) is 31.2 Å². The highest BCUT2D eigenvalue weighted by atomic mass is 79.9. The Hall–Kier alpha value is -3.14. The molecule has 0 spiro atoms. The van der Waals surface area contributed by atoms with Gasteiger partial charge < -0.3 is 14.6 Å². The fourth-order valence-electron chi connectivity index (χ4n) is 2.65. The van der Waals surface area contributed by atoms with Crippen LogP contribution in [0.15, 0.2) is 45.9 Å². The number of amides is 1. The summed E-state index contributed by atoms with van der Waals surface area (Å²) >= 11 is 3.22. The fourth-order valence-corrected chi connectivity index (χ4v) is 3.10. The van der Waals surface area contributed by atoms with Crippen LogP contribution in [0, 0.1) is 18.6 Å². The minimum atomic E-state index is -0.727. The van der Waals surface area contributed by atoms with Gasteiger partial charge >= 0.3 is 0 Å². The quantitative estimate of drug-likeness (QED) is 0.543. The molecule has 0 saturated heterocycles. The zero-order valence-electron chi connectivity index (χ0n) is 18.1. The lowest BCUT2D eigenvalue weighted by molar-refractivity contribution is 0.0957. The van der Waals surface area contributed by atoms with Gasteiger partial charge in [-0.1, -0.05) is 13.8 Å². The first kappa shape index (κ1) is 25.1. The molecule has 0 aliphatic heterocycles. The van der Waals surface area contributed by atoms with Crippen molar-refractivity contribution in [3.63, 3.8) is 0 Å². The SMILES string of the molecule is CC.CNC(=O)c1cnc(Cn2c(C)cc(OCc3ccc(F)cc3F)c(Br)c2=O)cn1. The van der Waals surface area contributed by atoms with Crippen LogP contribution in [-0.2, 0) is 13.2 Å². The maximum absolute atomic E-state index is 13.8. The molecule has 1 N–H and O–H groups in total. The van der Waals surface area contributed by atoms with Crippen molar-refractivity contribution in [3.05, 3.63) is 85.8 Å². The highest BCUT2D eigenvalue weighted by Gasteiger charge is 2.15. The number of halogens is 3. The molecule has 3 rings (SSSR count). The van der Waals surface area contributed by atoms with Crippen molar-refractivity contribution in [1.29, 1.82) is 0 Å². The maximum atomic E-state index is 13.8. The molecule has 1 aromatic carbocycles. The number of ether oxygens (including phenoxy) is 1. The first-order chi connectivity index (χ1) is 15.3. The number of rotatable bonds is 6. The van der Waals surface area contributed by atoms with Crippen LogP contribution in [0.5, 0.6) is 5.75 Å². The molecule has 1 amide bonds. The van der Waals surface area contributed by atoms with Crippen molar-refractivity contribution in [2.45, 2.75) is 33.9 Å². The number of carbonyl (C=O) groups excluding carboxylic acids is 1. The molecule has 0 unspecified atom stereocenters. The molecule has 0 bridgehead atoms. The molecule has 0 atom stereocenters. The predicted octanol–water partition coefficient (Wildman–Crippen LogP) is 4.00. The predicted molar refractivity (Wildman–Crippen MR) is 120 cm³/mol. The third kappa shape index (κ3) is 5.97. The van der Waals surface area contributed by atoms with E-state index in [1.165, 1.54) is 30.1 Å². The van der Waals surface area contributed by atoms with E-state index in [1.807, 2.05) is 13.8 Å². The first-order valence-corrected chi connectivity index (χ1v) is 10.6. The molecule has 2 heterocycles. The Labute approximate surface area is 192 Å². The minimum Gasteiger partial charge on any atom is -0.487 e. The summed E-state index contributed by atoms with van der Waals surface area (Å²) in [6.45, 7) is 5.68. The number of nitrogens with one attached hydrogen (secondary N) is 1. The number of nitrogens with zero attached hydrogens (tertiary/aromatic N) is 3. The summed E-state index contributed by atoms with van der Waals surface area (Å²) in [6.07, 6.45) is 2.75. The molecule has 32 heavy (non-hydrogen) atoms. The largest absolute Gasteiger partial charge is 0.487 e. The highest BCUT2D eigenvalue weighted by molar-refractivity contribution is 9.10. The Kier molecular flexibility index (Phi) is 9.01. The van der Waals surface area contributed by atoms with Crippen LogP contribution < -0.4 is 15.6 Å². The second-order valence-electron chi connectivity index (χ2n) is 6.35. The van der Waals surface area contributed by atoms with E-state index >= 15 is 0 Å². The van der Waals surface area contributed by atoms with Crippen LogP contribution in [0.25, 0.3) is 0 Å². The number of pyridine rings is 1. The average Bonchev–Trinajstić information content (AvgIpc) is 2.80. The molecule has 0 aliphatic carbocycles. The van der Waals surface area contributed by atoms with Gasteiger partial charge in [0, 0.05) is 30.4 Å². The minimum absolute atomic E-state index is 0.136. The Bertz CT molecular complexity index is 1150. The molecule has 3 aromatic rings. The highest BCUT2D eigenvalue weighted by Crippen LogP contribution is 2.24. The van der Waals surface area contributed by atoms with Crippen LogP contribution >= 0.6 is 15.9 Å². The topological polar surface area (TPSA) is 86.1 Å². The summed E-state index contributed by atoms with van der Waals surface area (Å²) in [5.74, 6) is -1.53. The number of aryl methyl sites for hydroxylation is 1. The van der Waals surface area contributed by atoms with Crippen molar-refractivity contribution in [3.8, 4) is 5.75 Å². The Balaban J connectivity index is 0.00000176. The van der Waals surface area contributed by atoms with Crippen LogP contribution in [0.4, 0.5) is 8.78 Å². The summed E-state index contributed by atoms with van der Waals surface area (Å²) in [5, 5.41) is 2.45. The van der Waals surface area contributed by atoms with Crippen LogP contribution in [0.3, 0.4) is 0 Å². The first-order valence-electron chi connectivity index (χ1n) is 9.79. The Morgan fingerprint density at radius 1 is 1.19 bits per heavy atom. The van der Waals surface area contributed by atoms with E-state index in [1.54, 1.807) is 13.0 Å². The monoisotopic (exact) mass is 508 g/mol. The summed E-state index contributed by atoms with van der Waals surface area (Å²) < 4.78 is 34.0. The van der Waals surface area contributed by atoms with E-state index in [9.17, 15) is 18.4 Å². The van der Waals surface area contributed by atoms with Gasteiger partial charge in [0.1, 0.15) is 34.2 Å². The molecular weight excluding hydrogens is 486 g/mol. The van der Waals surface area contributed by atoms with E-state index in [0.717, 1.165) is 12.1 Å². The number of benzene rings is 1. The van der Waals surface area contributed by atoms with E-state index in [4.69, 9.17) is 4.74 Å². The van der Waals surface area contributed by atoms with Crippen LogP contribution in [0.1, 0.15) is 41.3 Å². The summed E-state index contributed by atoms with van der Waals surface area (Å²) in [6, 6.07) is 4.82. The van der Waals surface area contributed by atoms with E-state index in [0.29, 0.717) is 11.4 Å². The number of hydrogen-bond acceptors (Lipinski definition) is 5. The second-order valence-corrected chi connectivity index (χ2v) is 7.14. The number of carbonyl (C=O) groups is 1. The molecule has 170 valence electrons. The second kappa shape index (κ2) is 11.5. The van der Waals surface area contributed by atoms with Crippen molar-refractivity contribution in [1.82, 2.24) is 19.9 Å². The standard InChI is InChI=1S/C20H17BrF2N4O3.C2H6/c1-11-5-17(30-10-12-3-4-13(22)6-15(12)23)18(21)20(29)27(11)9-14-7-26-16(8-25-14)19(28)24-2;1-2/h3-8H,9-10H2,1-2H3,(H,24,28);1-2H3. The normalized spacial score (nSPS) is 10.2. The van der Waals surface area contributed by atoms with Crippen LogP contribution in [0.2, 0.25) is 0 Å². The van der Waals surface area contributed by atoms with Gasteiger partial charge in [0.15, 0.2) is 0 Å². The van der Waals surface area contributed by atoms with E-state index in [-0.39, 0.29) is 46.1 Å². The zero-order valence-corrected chi connectivity index (χ0v) is 19.7. The molecular formula is C22H23BrF2N4O3. The summed E-state index contributed by atoms with van der Waals surface area (Å²) in [7, 11) is 1.49. The van der Waals surface area contributed by atoms with Gasteiger partial charge in [-0.05, 0) is 35.0 Å². The molecule has 10 heteroatoms. The molecule has 0 saturated carbocycles. The number of aromatic nitrogens is 3. The van der Waals surface area contributed by atoms with Gasteiger partial charge in [0.05, 0.1) is 24.6 Å². The molecule has 0 radical (unpaired) electrons. The third-order valence-electron chi connectivity index (χ3n) is 4.30. The average molecular weight is 509 g/mol. The van der Waals surface area contributed by atoms with Crippen LogP contribution in [-0.4, -0.2) is 27.5 Å². The summed E-state index contributed by atoms with van der Waals surface area (Å²) in [5.41, 5.74) is 1.03. The lowest BCUT2D eigenvalue weighted by Crippen LogP contribution is -2.25. The maximum Gasteiger partial charge on any atom is 0.271 e. The summed E-state index contributed by atoms with van der Waals surface area (Å²) in [4.78, 5) is 32.5. The van der Waals surface area contributed by atoms with Gasteiger partial charge in [-0.25, -0.2) is 13.8 Å².